The molecule has 0 N–H and O–H groups in total. The number of benzene rings is 1. The monoisotopic (exact) mass is 279 g/mol. The van der Waals surface area contributed by atoms with Gasteiger partial charge in [-0.25, -0.2) is 4.39 Å². The maximum Gasteiger partial charge on any atom is 0.310 e. The van der Waals surface area contributed by atoms with Gasteiger partial charge in [0.1, 0.15) is 5.82 Å². The molecule has 3 nitrogen and oxygen atoms in total. The Morgan fingerprint density at radius 3 is 3.05 bits per heavy atom. The van der Waals surface area contributed by atoms with Crippen molar-refractivity contribution in [2.24, 2.45) is 5.92 Å². The quantitative estimate of drug-likeness (QED) is 0.794. The van der Waals surface area contributed by atoms with Gasteiger partial charge in [-0.2, -0.15) is 0 Å². The van der Waals surface area contributed by atoms with E-state index in [0.29, 0.717) is 19.7 Å². The third-order valence-corrected chi connectivity index (χ3v) is 3.83. The molecule has 0 amide bonds. The number of carbonyl (C=O) groups excluding carboxylic acids is 1. The van der Waals surface area contributed by atoms with Gasteiger partial charge in [0.15, 0.2) is 0 Å². The molecule has 1 fully saturated rings. The lowest BCUT2D eigenvalue weighted by Crippen LogP contribution is -2.39. The Kier molecular flexibility index (Phi) is 5.12. The molecule has 0 bridgehead atoms. The normalized spacial score (nSPS) is 19.9. The maximum atomic E-state index is 13.3. The second kappa shape index (κ2) is 6.84. The first-order chi connectivity index (χ1) is 9.60. The molecule has 20 heavy (non-hydrogen) atoms. The van der Waals surface area contributed by atoms with Crippen LogP contribution in [0.15, 0.2) is 18.2 Å². The van der Waals surface area contributed by atoms with Crippen LogP contribution in [0.3, 0.4) is 0 Å². The molecule has 1 aromatic rings. The second-order valence-corrected chi connectivity index (χ2v) is 5.40. The summed E-state index contributed by atoms with van der Waals surface area (Å²) in [4.78, 5) is 14.0. The highest BCUT2D eigenvalue weighted by atomic mass is 19.1. The van der Waals surface area contributed by atoms with Gasteiger partial charge >= 0.3 is 5.97 Å². The molecular weight excluding hydrogens is 257 g/mol. The molecular formula is C16H22FNO2. The van der Waals surface area contributed by atoms with Crippen molar-refractivity contribution in [2.75, 3.05) is 19.7 Å². The summed E-state index contributed by atoms with van der Waals surface area (Å²) < 4.78 is 18.4. The van der Waals surface area contributed by atoms with Gasteiger partial charge in [-0.3, -0.25) is 9.69 Å². The smallest absolute Gasteiger partial charge is 0.310 e. The third-order valence-electron chi connectivity index (χ3n) is 3.83. The predicted molar refractivity (Wildman–Crippen MR) is 75.8 cm³/mol. The summed E-state index contributed by atoms with van der Waals surface area (Å²) in [5.41, 5.74) is 2.08. The summed E-state index contributed by atoms with van der Waals surface area (Å²) in [6.07, 6.45) is 1.87. The van der Waals surface area contributed by atoms with E-state index in [2.05, 4.69) is 4.90 Å². The highest BCUT2D eigenvalue weighted by molar-refractivity contribution is 5.72. The zero-order chi connectivity index (χ0) is 14.5. The van der Waals surface area contributed by atoms with Crippen LogP contribution in [0.4, 0.5) is 4.39 Å². The summed E-state index contributed by atoms with van der Waals surface area (Å²) in [6.45, 7) is 6.59. The Labute approximate surface area is 119 Å². The van der Waals surface area contributed by atoms with Gasteiger partial charge in [0.2, 0.25) is 0 Å². The van der Waals surface area contributed by atoms with E-state index in [9.17, 15) is 9.18 Å². The minimum absolute atomic E-state index is 0.0439. The van der Waals surface area contributed by atoms with Crippen molar-refractivity contribution < 1.29 is 13.9 Å². The van der Waals surface area contributed by atoms with Crippen LogP contribution in [0.1, 0.15) is 30.9 Å². The number of hydrogen-bond acceptors (Lipinski definition) is 3. The molecule has 1 aromatic carbocycles. The summed E-state index contributed by atoms with van der Waals surface area (Å²) in [6, 6.07) is 4.87. The molecule has 1 saturated heterocycles. The standard InChI is InChI=1S/C16H22FNO2/c1-3-20-16(19)13-5-4-8-18(10-13)11-14-9-15(17)7-6-12(14)2/h6-7,9,13H,3-5,8,10-11H2,1-2H3/t13-/m1/s1. The van der Waals surface area contributed by atoms with Crippen LogP contribution in [0, 0.1) is 18.7 Å². The number of hydrogen-bond donors (Lipinski definition) is 0. The molecule has 4 heteroatoms. The van der Waals surface area contributed by atoms with Crippen LogP contribution in [-0.4, -0.2) is 30.6 Å². The van der Waals surface area contributed by atoms with E-state index >= 15 is 0 Å². The van der Waals surface area contributed by atoms with Crippen LogP contribution < -0.4 is 0 Å². The lowest BCUT2D eigenvalue weighted by Gasteiger charge is -2.31. The Morgan fingerprint density at radius 2 is 2.30 bits per heavy atom. The van der Waals surface area contributed by atoms with Crippen LogP contribution >= 0.6 is 0 Å². The van der Waals surface area contributed by atoms with E-state index in [4.69, 9.17) is 4.74 Å². The number of ether oxygens (including phenoxy) is 1. The van der Waals surface area contributed by atoms with Crippen LogP contribution in [0.25, 0.3) is 0 Å². The molecule has 0 saturated carbocycles. The van der Waals surface area contributed by atoms with Crippen molar-refractivity contribution in [3.63, 3.8) is 0 Å². The molecule has 1 aliphatic rings. The van der Waals surface area contributed by atoms with Crippen LogP contribution in [-0.2, 0) is 16.1 Å². The summed E-state index contributed by atoms with van der Waals surface area (Å²) >= 11 is 0. The molecule has 0 aromatic heterocycles. The second-order valence-electron chi connectivity index (χ2n) is 5.40. The first kappa shape index (κ1) is 15.0. The van der Waals surface area contributed by atoms with E-state index in [1.54, 1.807) is 12.1 Å². The fourth-order valence-electron chi connectivity index (χ4n) is 2.70. The third kappa shape index (κ3) is 3.79. The number of rotatable bonds is 4. The van der Waals surface area contributed by atoms with Gasteiger partial charge in [0, 0.05) is 13.1 Å². The lowest BCUT2D eigenvalue weighted by atomic mass is 9.97. The summed E-state index contributed by atoms with van der Waals surface area (Å²) in [5.74, 6) is -0.352. The molecule has 1 aliphatic heterocycles. The van der Waals surface area contributed by atoms with Gasteiger partial charge in [-0.05, 0) is 56.5 Å². The van der Waals surface area contributed by atoms with E-state index < -0.39 is 0 Å². The SMILES string of the molecule is CCOC(=O)[C@@H]1CCCN(Cc2cc(F)ccc2C)C1. The topological polar surface area (TPSA) is 29.5 Å². The van der Waals surface area contributed by atoms with Gasteiger partial charge in [-0.1, -0.05) is 6.07 Å². The Balaban J connectivity index is 1.99. The molecule has 2 rings (SSSR count). The van der Waals surface area contributed by atoms with Crippen LogP contribution in [0.5, 0.6) is 0 Å². The largest absolute Gasteiger partial charge is 0.466 e. The Morgan fingerprint density at radius 1 is 1.50 bits per heavy atom. The molecule has 110 valence electrons. The summed E-state index contributed by atoms with van der Waals surface area (Å²) in [7, 11) is 0. The van der Waals surface area contributed by atoms with Gasteiger partial charge in [-0.15, -0.1) is 0 Å². The highest BCUT2D eigenvalue weighted by Gasteiger charge is 2.26. The minimum atomic E-state index is -0.204. The molecule has 1 heterocycles. The number of halogens is 1. The zero-order valence-corrected chi connectivity index (χ0v) is 12.2. The number of esters is 1. The van der Waals surface area contributed by atoms with Gasteiger partial charge in [0.25, 0.3) is 0 Å². The van der Waals surface area contributed by atoms with Crippen molar-refractivity contribution in [3.05, 3.63) is 35.1 Å². The van der Waals surface area contributed by atoms with Gasteiger partial charge < -0.3 is 4.74 Å². The van der Waals surface area contributed by atoms with Crippen molar-refractivity contribution in [1.82, 2.24) is 4.90 Å². The minimum Gasteiger partial charge on any atom is -0.466 e. The first-order valence-electron chi connectivity index (χ1n) is 7.24. The molecule has 0 spiro atoms. The van der Waals surface area contributed by atoms with Crippen molar-refractivity contribution >= 4 is 5.97 Å². The molecule has 0 radical (unpaired) electrons. The Hall–Kier alpha value is -1.42. The average Bonchev–Trinajstić information content (AvgIpc) is 2.43. The van der Waals surface area contributed by atoms with E-state index in [0.717, 1.165) is 30.5 Å². The number of carbonyl (C=O) groups is 1. The van der Waals surface area contributed by atoms with E-state index in [-0.39, 0.29) is 17.7 Å². The van der Waals surface area contributed by atoms with Crippen LogP contribution in [0.2, 0.25) is 0 Å². The maximum absolute atomic E-state index is 13.3. The fraction of sp³-hybridized carbons (Fsp3) is 0.562. The predicted octanol–water partition coefficient (Wildman–Crippen LogP) is 2.91. The van der Waals surface area contributed by atoms with E-state index in [1.165, 1.54) is 6.07 Å². The zero-order valence-electron chi connectivity index (χ0n) is 12.2. The number of aryl methyl sites for hydroxylation is 1. The lowest BCUT2D eigenvalue weighted by molar-refractivity contribution is -0.150. The number of nitrogens with zero attached hydrogens (tertiary/aromatic N) is 1. The number of likely N-dealkylation sites (tertiary alicyclic amines) is 1. The first-order valence-corrected chi connectivity index (χ1v) is 7.24. The average molecular weight is 279 g/mol. The molecule has 0 unspecified atom stereocenters. The van der Waals surface area contributed by atoms with Crippen molar-refractivity contribution in [2.45, 2.75) is 33.2 Å². The molecule has 0 aliphatic carbocycles. The van der Waals surface area contributed by atoms with E-state index in [1.807, 2.05) is 13.8 Å². The Bertz CT molecular complexity index is 476. The van der Waals surface area contributed by atoms with Crippen molar-refractivity contribution in [3.8, 4) is 0 Å². The summed E-state index contributed by atoms with van der Waals surface area (Å²) in [5, 5.41) is 0. The van der Waals surface area contributed by atoms with Gasteiger partial charge in [0.05, 0.1) is 12.5 Å². The highest BCUT2D eigenvalue weighted by Crippen LogP contribution is 2.21. The number of piperidine rings is 1. The fourth-order valence-corrected chi connectivity index (χ4v) is 2.70. The molecule has 1 atom stereocenters. The van der Waals surface area contributed by atoms with Crippen molar-refractivity contribution in [1.29, 1.82) is 0 Å².